The highest BCUT2D eigenvalue weighted by molar-refractivity contribution is 5.88. The first kappa shape index (κ1) is 18.1. The van der Waals surface area contributed by atoms with Crippen molar-refractivity contribution in [3.63, 3.8) is 0 Å². The fraction of sp³-hybridized carbons (Fsp3) is 0.160. The lowest BCUT2D eigenvalue weighted by Crippen LogP contribution is -2.11. The summed E-state index contributed by atoms with van der Waals surface area (Å²) in [4.78, 5) is 12.7. The molecule has 0 fully saturated rings. The average molecular weight is 370 g/mol. The zero-order valence-corrected chi connectivity index (χ0v) is 16.1. The smallest absolute Gasteiger partial charge is 0.340 e. The van der Waals surface area contributed by atoms with E-state index in [1.807, 2.05) is 86.6 Å². The molecule has 0 aliphatic carbocycles. The maximum atomic E-state index is 12.7. The Bertz CT molecular complexity index is 1160. The summed E-state index contributed by atoms with van der Waals surface area (Å²) in [7, 11) is 0. The molecule has 3 nitrogen and oxygen atoms in total. The van der Waals surface area contributed by atoms with Crippen molar-refractivity contribution >= 4 is 11.0 Å². The van der Waals surface area contributed by atoms with E-state index in [-0.39, 0.29) is 5.63 Å². The van der Waals surface area contributed by atoms with Gasteiger partial charge in [-0.05, 0) is 48.2 Å². The molecule has 140 valence electrons. The number of benzene rings is 3. The normalized spacial score (nSPS) is 10.9. The van der Waals surface area contributed by atoms with Crippen molar-refractivity contribution in [2.75, 3.05) is 0 Å². The molecule has 0 unspecified atom stereocenters. The monoisotopic (exact) mass is 370 g/mol. The largest absolute Gasteiger partial charge is 0.488 e. The molecule has 1 heterocycles. The minimum absolute atomic E-state index is 0.284. The van der Waals surface area contributed by atoms with Crippen LogP contribution in [0.2, 0.25) is 0 Å². The van der Waals surface area contributed by atoms with Crippen molar-refractivity contribution in [1.82, 2.24) is 0 Å². The summed E-state index contributed by atoms with van der Waals surface area (Å²) in [5, 5.41) is 0.868. The number of hydrogen-bond acceptors (Lipinski definition) is 3. The quantitative estimate of drug-likeness (QED) is 0.431. The molecule has 4 aromatic rings. The Morgan fingerprint density at radius 2 is 1.50 bits per heavy atom. The SMILES string of the molecule is Cc1cc(OCc2ccccc2)c2c(C)c(Cc3ccccc3)c(=O)oc2c1. The van der Waals surface area contributed by atoms with Crippen LogP contribution in [0.4, 0.5) is 0 Å². The molecule has 0 saturated heterocycles. The molecular formula is C25H22O3. The van der Waals surface area contributed by atoms with Gasteiger partial charge in [-0.25, -0.2) is 4.79 Å². The van der Waals surface area contributed by atoms with Crippen molar-refractivity contribution in [2.24, 2.45) is 0 Å². The topological polar surface area (TPSA) is 39.4 Å². The Hall–Kier alpha value is -3.33. The van der Waals surface area contributed by atoms with Crippen molar-refractivity contribution in [3.8, 4) is 5.75 Å². The third-order valence-electron chi connectivity index (χ3n) is 4.95. The molecule has 1 aromatic heterocycles. The predicted molar refractivity (Wildman–Crippen MR) is 112 cm³/mol. The first-order valence-electron chi connectivity index (χ1n) is 9.39. The highest BCUT2D eigenvalue weighted by Crippen LogP contribution is 2.32. The van der Waals surface area contributed by atoms with Crippen LogP contribution < -0.4 is 10.4 Å². The highest BCUT2D eigenvalue weighted by Gasteiger charge is 2.16. The lowest BCUT2D eigenvalue weighted by atomic mass is 9.98. The van der Waals surface area contributed by atoms with Gasteiger partial charge in [0, 0.05) is 12.0 Å². The fourth-order valence-corrected chi connectivity index (χ4v) is 3.49. The van der Waals surface area contributed by atoms with Gasteiger partial charge in [0.15, 0.2) is 0 Å². The summed E-state index contributed by atoms with van der Waals surface area (Å²) >= 11 is 0. The molecule has 0 aliphatic rings. The minimum atomic E-state index is -0.284. The number of fused-ring (bicyclic) bond motifs is 1. The molecule has 0 radical (unpaired) electrons. The molecule has 0 N–H and O–H groups in total. The second kappa shape index (κ2) is 7.73. The van der Waals surface area contributed by atoms with Gasteiger partial charge in [0.25, 0.3) is 0 Å². The summed E-state index contributed by atoms with van der Waals surface area (Å²) in [5.41, 5.74) is 5.04. The second-order valence-corrected chi connectivity index (χ2v) is 7.07. The van der Waals surface area contributed by atoms with Gasteiger partial charge in [0.1, 0.15) is 17.9 Å². The van der Waals surface area contributed by atoms with Gasteiger partial charge in [0.2, 0.25) is 0 Å². The van der Waals surface area contributed by atoms with Gasteiger partial charge in [-0.2, -0.15) is 0 Å². The van der Waals surface area contributed by atoms with E-state index in [1.54, 1.807) is 0 Å². The first-order valence-corrected chi connectivity index (χ1v) is 9.39. The van der Waals surface area contributed by atoms with Gasteiger partial charge in [-0.15, -0.1) is 0 Å². The lowest BCUT2D eigenvalue weighted by Gasteiger charge is -2.14. The molecule has 0 atom stereocenters. The van der Waals surface area contributed by atoms with Gasteiger partial charge in [-0.3, -0.25) is 0 Å². The molecule has 4 rings (SSSR count). The zero-order valence-electron chi connectivity index (χ0n) is 16.1. The number of ether oxygens (including phenoxy) is 1. The molecule has 3 heteroatoms. The molecule has 0 saturated carbocycles. The molecule has 28 heavy (non-hydrogen) atoms. The summed E-state index contributed by atoms with van der Waals surface area (Å²) < 4.78 is 11.8. The number of rotatable bonds is 5. The fourth-order valence-electron chi connectivity index (χ4n) is 3.49. The van der Waals surface area contributed by atoms with E-state index in [4.69, 9.17) is 9.15 Å². The van der Waals surface area contributed by atoms with Crippen LogP contribution in [0.3, 0.4) is 0 Å². The van der Waals surface area contributed by atoms with E-state index < -0.39 is 0 Å². The van der Waals surface area contributed by atoms with E-state index in [0.29, 0.717) is 24.2 Å². The maximum absolute atomic E-state index is 12.7. The predicted octanol–water partition coefficient (Wildman–Crippen LogP) is 5.58. The Labute approximate surface area is 164 Å². The Balaban J connectivity index is 1.78. The Morgan fingerprint density at radius 1 is 0.857 bits per heavy atom. The first-order chi connectivity index (χ1) is 13.6. The van der Waals surface area contributed by atoms with Gasteiger partial charge >= 0.3 is 5.63 Å². The van der Waals surface area contributed by atoms with Crippen LogP contribution in [0.5, 0.6) is 5.75 Å². The molecular weight excluding hydrogens is 348 g/mol. The standard InChI is InChI=1S/C25H22O3/c1-17-13-22(27-16-20-11-7-4-8-12-20)24-18(2)21(25(26)28-23(24)14-17)15-19-9-5-3-6-10-19/h3-14H,15-16H2,1-2H3. The van der Waals surface area contributed by atoms with Crippen molar-refractivity contribution in [3.05, 3.63) is 111 Å². The van der Waals surface area contributed by atoms with E-state index in [9.17, 15) is 4.79 Å². The van der Waals surface area contributed by atoms with Crippen LogP contribution in [-0.2, 0) is 13.0 Å². The lowest BCUT2D eigenvalue weighted by molar-refractivity contribution is 0.309. The molecule has 0 spiro atoms. The summed E-state index contributed by atoms with van der Waals surface area (Å²) in [6.45, 7) is 4.41. The molecule has 0 amide bonds. The van der Waals surface area contributed by atoms with Crippen LogP contribution in [0.1, 0.15) is 27.8 Å². The zero-order chi connectivity index (χ0) is 19.5. The van der Waals surface area contributed by atoms with Gasteiger partial charge in [0.05, 0.1) is 5.39 Å². The van der Waals surface area contributed by atoms with Crippen LogP contribution in [-0.4, -0.2) is 0 Å². The third-order valence-corrected chi connectivity index (χ3v) is 4.95. The third kappa shape index (κ3) is 3.70. The number of hydrogen-bond donors (Lipinski definition) is 0. The van der Waals surface area contributed by atoms with Crippen molar-refractivity contribution in [2.45, 2.75) is 26.9 Å². The van der Waals surface area contributed by atoms with Crippen LogP contribution in [0, 0.1) is 13.8 Å². The molecule has 3 aromatic carbocycles. The summed E-state index contributed by atoms with van der Waals surface area (Å²) in [5.74, 6) is 0.745. The molecule has 0 bridgehead atoms. The minimum Gasteiger partial charge on any atom is -0.488 e. The van der Waals surface area contributed by atoms with Gasteiger partial charge in [-0.1, -0.05) is 60.7 Å². The molecule has 0 aliphatic heterocycles. The van der Waals surface area contributed by atoms with Crippen molar-refractivity contribution in [1.29, 1.82) is 0 Å². The van der Waals surface area contributed by atoms with Gasteiger partial charge < -0.3 is 9.15 Å². The Morgan fingerprint density at radius 3 is 2.18 bits per heavy atom. The summed E-state index contributed by atoms with van der Waals surface area (Å²) in [6.07, 6.45) is 0.539. The van der Waals surface area contributed by atoms with E-state index in [2.05, 4.69) is 0 Å². The maximum Gasteiger partial charge on any atom is 0.340 e. The van der Waals surface area contributed by atoms with Crippen molar-refractivity contribution < 1.29 is 9.15 Å². The Kier molecular flexibility index (Phi) is 4.98. The second-order valence-electron chi connectivity index (χ2n) is 7.07. The highest BCUT2D eigenvalue weighted by atomic mass is 16.5. The van der Waals surface area contributed by atoms with E-state index in [0.717, 1.165) is 33.4 Å². The van der Waals surface area contributed by atoms with Crippen LogP contribution in [0.15, 0.2) is 82.0 Å². The van der Waals surface area contributed by atoms with Crippen LogP contribution >= 0.6 is 0 Å². The van der Waals surface area contributed by atoms with E-state index >= 15 is 0 Å². The average Bonchev–Trinajstić information content (AvgIpc) is 2.70. The van der Waals surface area contributed by atoms with E-state index in [1.165, 1.54) is 0 Å². The van der Waals surface area contributed by atoms with Crippen LogP contribution in [0.25, 0.3) is 11.0 Å². The summed E-state index contributed by atoms with van der Waals surface area (Å²) in [6, 6.07) is 23.9. The number of aryl methyl sites for hydroxylation is 2.